The van der Waals surface area contributed by atoms with E-state index in [-0.39, 0.29) is 24.2 Å². The van der Waals surface area contributed by atoms with Gasteiger partial charge in [-0.05, 0) is 94.1 Å². The summed E-state index contributed by atoms with van der Waals surface area (Å²) in [5.74, 6) is 1.80. The number of hydrogen-bond acceptors (Lipinski definition) is 3. The summed E-state index contributed by atoms with van der Waals surface area (Å²) < 4.78 is 0. The molecule has 1 heterocycles. The highest BCUT2D eigenvalue weighted by Crippen LogP contribution is 2.26. The Morgan fingerprint density at radius 1 is 0.757 bits per heavy atom. The molecule has 1 unspecified atom stereocenters. The van der Waals surface area contributed by atoms with Crippen LogP contribution in [0.3, 0.4) is 0 Å². The van der Waals surface area contributed by atoms with Gasteiger partial charge < -0.3 is 15.5 Å². The summed E-state index contributed by atoms with van der Waals surface area (Å²) in [5.41, 5.74) is 2.35. The Balaban J connectivity index is 0.00000380. The third-order valence-electron chi connectivity index (χ3n) is 8.26. The summed E-state index contributed by atoms with van der Waals surface area (Å²) in [6.07, 6.45) is 12.7. The molecular formula is C32H48ClN3O. The first-order valence-electron chi connectivity index (χ1n) is 14.6. The number of amides is 1. The molecule has 2 aliphatic rings. The van der Waals surface area contributed by atoms with Crippen LogP contribution >= 0.6 is 12.4 Å². The van der Waals surface area contributed by atoms with E-state index in [9.17, 15) is 4.79 Å². The van der Waals surface area contributed by atoms with E-state index >= 15 is 0 Å². The smallest absolute Gasteiger partial charge is 0.230 e. The fourth-order valence-electron chi connectivity index (χ4n) is 5.96. The summed E-state index contributed by atoms with van der Waals surface area (Å²) in [7, 11) is 0. The van der Waals surface area contributed by atoms with Crippen molar-refractivity contribution in [2.24, 2.45) is 11.8 Å². The molecule has 0 bridgehead atoms. The number of rotatable bonds is 13. The van der Waals surface area contributed by atoms with E-state index in [2.05, 4.69) is 51.9 Å². The van der Waals surface area contributed by atoms with E-state index in [1.54, 1.807) is 0 Å². The molecule has 1 amide bonds. The summed E-state index contributed by atoms with van der Waals surface area (Å²) in [5, 5.41) is 7.37. The van der Waals surface area contributed by atoms with Gasteiger partial charge in [0.15, 0.2) is 0 Å². The average Bonchev–Trinajstić information content (AvgIpc) is 2.95. The summed E-state index contributed by atoms with van der Waals surface area (Å²) in [6.45, 7) is 6.34. The summed E-state index contributed by atoms with van der Waals surface area (Å²) in [6, 6.07) is 20.8. The lowest BCUT2D eigenvalue weighted by atomic mass is 9.89. The average molecular weight is 526 g/mol. The van der Waals surface area contributed by atoms with Gasteiger partial charge in [0.05, 0.1) is 5.92 Å². The third-order valence-corrected chi connectivity index (χ3v) is 8.26. The van der Waals surface area contributed by atoms with Crippen LogP contribution in [0, 0.1) is 11.8 Å². The van der Waals surface area contributed by atoms with Crippen LogP contribution in [0.15, 0.2) is 60.7 Å². The van der Waals surface area contributed by atoms with Crippen molar-refractivity contribution in [2.45, 2.75) is 70.1 Å². The van der Waals surface area contributed by atoms with Crippen molar-refractivity contribution in [3.8, 4) is 0 Å². The van der Waals surface area contributed by atoms with Crippen molar-refractivity contribution in [1.29, 1.82) is 0 Å². The number of piperidine rings is 1. The van der Waals surface area contributed by atoms with Crippen LogP contribution in [-0.2, 0) is 11.2 Å². The molecule has 1 aliphatic carbocycles. The van der Waals surface area contributed by atoms with Gasteiger partial charge in [0.1, 0.15) is 0 Å². The third kappa shape index (κ3) is 10.1. The number of hydrogen-bond donors (Lipinski definition) is 2. The van der Waals surface area contributed by atoms with Crippen LogP contribution in [0.4, 0.5) is 0 Å². The second kappa shape index (κ2) is 16.9. The zero-order valence-corrected chi connectivity index (χ0v) is 23.4. The number of halogens is 1. The first-order chi connectivity index (χ1) is 17.8. The molecule has 1 aliphatic heterocycles. The number of likely N-dealkylation sites (tertiary alicyclic amines) is 1. The van der Waals surface area contributed by atoms with Gasteiger partial charge in [0, 0.05) is 13.1 Å². The lowest BCUT2D eigenvalue weighted by Crippen LogP contribution is -2.43. The second-order valence-electron chi connectivity index (χ2n) is 11.0. The first kappa shape index (κ1) is 29.7. The molecule has 5 heteroatoms. The Bertz CT molecular complexity index is 864. The van der Waals surface area contributed by atoms with Crippen molar-refractivity contribution >= 4 is 18.3 Å². The topological polar surface area (TPSA) is 44.4 Å². The Morgan fingerprint density at radius 3 is 1.89 bits per heavy atom. The van der Waals surface area contributed by atoms with Crippen LogP contribution in [0.1, 0.15) is 74.8 Å². The lowest BCUT2D eigenvalue weighted by molar-refractivity contribution is -0.134. The van der Waals surface area contributed by atoms with Crippen LogP contribution in [0.25, 0.3) is 0 Å². The first-order valence-corrected chi connectivity index (χ1v) is 14.6. The number of unbranched alkanes of at least 4 members (excludes halogenated alkanes) is 1. The Labute approximate surface area is 231 Å². The van der Waals surface area contributed by atoms with Crippen LogP contribution < -0.4 is 10.6 Å². The van der Waals surface area contributed by atoms with Gasteiger partial charge in [-0.1, -0.05) is 79.9 Å². The number of nitrogens with zero attached hydrogens (tertiary/aromatic N) is 1. The monoisotopic (exact) mass is 525 g/mol. The number of nitrogens with one attached hydrogen (secondary N) is 2. The summed E-state index contributed by atoms with van der Waals surface area (Å²) >= 11 is 0. The predicted molar refractivity (Wildman–Crippen MR) is 157 cm³/mol. The Morgan fingerprint density at radius 2 is 1.30 bits per heavy atom. The van der Waals surface area contributed by atoms with Crippen LogP contribution in [-0.4, -0.2) is 50.1 Å². The van der Waals surface area contributed by atoms with E-state index in [0.29, 0.717) is 5.92 Å². The predicted octanol–water partition coefficient (Wildman–Crippen LogP) is 6.21. The molecule has 0 aromatic heterocycles. The highest BCUT2D eigenvalue weighted by molar-refractivity contribution is 5.85. The molecular weight excluding hydrogens is 478 g/mol. The normalized spacial score (nSPS) is 17.8. The largest absolute Gasteiger partial charge is 0.342 e. The minimum atomic E-state index is -0.102. The second-order valence-corrected chi connectivity index (χ2v) is 11.0. The van der Waals surface area contributed by atoms with Crippen molar-refractivity contribution in [1.82, 2.24) is 15.5 Å². The van der Waals surface area contributed by atoms with Gasteiger partial charge in [-0.3, -0.25) is 4.79 Å². The minimum Gasteiger partial charge on any atom is -0.342 e. The highest BCUT2D eigenvalue weighted by atomic mass is 35.5. The van der Waals surface area contributed by atoms with Gasteiger partial charge in [-0.15, -0.1) is 12.4 Å². The number of carbonyl (C=O) groups is 1. The zero-order valence-electron chi connectivity index (χ0n) is 22.6. The van der Waals surface area contributed by atoms with Gasteiger partial charge in [0.25, 0.3) is 0 Å². The Hall–Kier alpha value is -1.88. The maximum atomic E-state index is 13.6. The fourth-order valence-corrected chi connectivity index (χ4v) is 5.96. The van der Waals surface area contributed by atoms with E-state index in [0.717, 1.165) is 63.5 Å². The molecule has 37 heavy (non-hydrogen) atoms. The molecule has 0 spiro atoms. The molecule has 0 radical (unpaired) electrons. The maximum Gasteiger partial charge on any atom is 0.230 e. The van der Waals surface area contributed by atoms with Crippen LogP contribution in [0.5, 0.6) is 0 Å². The van der Waals surface area contributed by atoms with E-state index in [1.807, 2.05) is 24.3 Å². The van der Waals surface area contributed by atoms with Gasteiger partial charge in [0.2, 0.25) is 5.91 Å². The van der Waals surface area contributed by atoms with Crippen LogP contribution in [0.2, 0.25) is 0 Å². The molecule has 2 N–H and O–H groups in total. The van der Waals surface area contributed by atoms with Crippen molar-refractivity contribution in [3.05, 3.63) is 71.8 Å². The fraction of sp³-hybridized carbons (Fsp3) is 0.594. The van der Waals surface area contributed by atoms with Crippen molar-refractivity contribution < 1.29 is 4.79 Å². The lowest BCUT2D eigenvalue weighted by Gasteiger charge is -2.34. The molecule has 1 saturated carbocycles. The number of benzene rings is 2. The molecule has 2 aromatic rings. The van der Waals surface area contributed by atoms with Crippen molar-refractivity contribution in [3.63, 3.8) is 0 Å². The zero-order chi connectivity index (χ0) is 24.8. The molecule has 204 valence electrons. The molecule has 4 rings (SSSR count). The minimum absolute atomic E-state index is 0. The molecule has 1 saturated heterocycles. The van der Waals surface area contributed by atoms with Crippen molar-refractivity contribution in [2.75, 3.05) is 39.3 Å². The number of carbonyl (C=O) groups excluding carboxylic acids is 1. The standard InChI is InChI=1S/C32H47N3O.ClH/c36-32(31(30-16-8-3-9-17-30)24-27-12-4-1-5-13-27)35-22-18-29(19-23-35)26-34-21-11-10-20-33-25-28-14-6-2-7-15-28;/h1,3-5,8-9,12-13,16-17,28-29,31,33-34H,2,6-7,10-11,14-15,18-26H2;1H. The van der Waals surface area contributed by atoms with Gasteiger partial charge >= 0.3 is 0 Å². The SMILES string of the molecule is Cl.O=C(C(Cc1ccccc1)c1ccccc1)N1CCC(CNCCCCNCC2CCCCC2)CC1. The maximum absolute atomic E-state index is 13.6. The molecule has 1 atom stereocenters. The van der Waals surface area contributed by atoms with Gasteiger partial charge in [-0.2, -0.15) is 0 Å². The van der Waals surface area contributed by atoms with Gasteiger partial charge in [-0.25, -0.2) is 0 Å². The highest BCUT2D eigenvalue weighted by Gasteiger charge is 2.29. The van der Waals surface area contributed by atoms with E-state index in [1.165, 1.54) is 57.1 Å². The Kier molecular flexibility index (Phi) is 13.5. The molecule has 2 aromatic carbocycles. The molecule has 2 fully saturated rings. The molecule has 4 nitrogen and oxygen atoms in total. The van der Waals surface area contributed by atoms with E-state index in [4.69, 9.17) is 0 Å². The van der Waals surface area contributed by atoms with E-state index < -0.39 is 0 Å². The summed E-state index contributed by atoms with van der Waals surface area (Å²) in [4.78, 5) is 15.7. The quantitative estimate of drug-likeness (QED) is 0.305.